The Kier molecular flexibility index (Phi) is 2.18. The highest BCUT2D eigenvalue weighted by molar-refractivity contribution is 5.79. The van der Waals surface area contributed by atoms with E-state index in [2.05, 4.69) is 0 Å². The lowest BCUT2D eigenvalue weighted by atomic mass is 10.1. The number of ether oxygens (including phenoxy) is 1. The molecule has 1 fully saturated rings. The Morgan fingerprint density at radius 2 is 2.18 bits per heavy atom. The molecular weight excluding hydrogens is 142 g/mol. The zero-order valence-electron chi connectivity index (χ0n) is 7.09. The summed E-state index contributed by atoms with van der Waals surface area (Å²) in [6, 6.07) is 0. The molecule has 0 bridgehead atoms. The molecule has 0 radical (unpaired) electrons. The summed E-state index contributed by atoms with van der Waals surface area (Å²) in [5, 5.41) is 0. The quantitative estimate of drug-likeness (QED) is 0.613. The molecule has 64 valence electrons. The average Bonchev–Trinajstić information content (AvgIpc) is 2.62. The normalized spacial score (nSPS) is 18.1. The predicted molar refractivity (Wildman–Crippen MR) is 41.9 cm³/mol. The van der Waals surface area contributed by atoms with Crippen LogP contribution in [-0.4, -0.2) is 18.1 Å². The van der Waals surface area contributed by atoms with Crippen molar-refractivity contribution in [1.29, 1.82) is 0 Å². The Balaban J connectivity index is 2.19. The van der Waals surface area contributed by atoms with E-state index in [1.54, 1.807) is 13.8 Å². The average molecular weight is 157 g/mol. The molecule has 1 rings (SSSR count). The maximum atomic E-state index is 11.0. The van der Waals surface area contributed by atoms with Crippen LogP contribution >= 0.6 is 0 Å². The van der Waals surface area contributed by atoms with Crippen molar-refractivity contribution in [3.8, 4) is 0 Å². The number of rotatable bonds is 3. The molecule has 0 unspecified atom stereocenters. The molecule has 0 amide bonds. The van der Waals surface area contributed by atoms with E-state index in [1.165, 1.54) is 12.8 Å². The molecule has 0 aromatic rings. The first-order chi connectivity index (χ1) is 5.00. The molecule has 0 heterocycles. The SMILES string of the molecule is CC(C)(N)C(=O)OCC1CC1. The summed E-state index contributed by atoms with van der Waals surface area (Å²) in [5.41, 5.74) is 4.67. The first kappa shape index (κ1) is 8.53. The molecule has 1 aliphatic carbocycles. The summed E-state index contributed by atoms with van der Waals surface area (Å²) in [5.74, 6) is 0.311. The van der Waals surface area contributed by atoms with Gasteiger partial charge < -0.3 is 10.5 Å². The van der Waals surface area contributed by atoms with E-state index in [1.807, 2.05) is 0 Å². The summed E-state index contributed by atoms with van der Waals surface area (Å²) in [4.78, 5) is 11.0. The van der Waals surface area contributed by atoms with E-state index < -0.39 is 5.54 Å². The Labute approximate surface area is 66.9 Å². The monoisotopic (exact) mass is 157 g/mol. The number of carbonyl (C=O) groups is 1. The molecule has 11 heavy (non-hydrogen) atoms. The predicted octanol–water partition coefficient (Wildman–Crippen LogP) is 0.677. The molecule has 1 saturated carbocycles. The van der Waals surface area contributed by atoms with Gasteiger partial charge in [-0.05, 0) is 32.6 Å². The number of nitrogens with two attached hydrogens (primary N) is 1. The second-order valence-corrected chi connectivity index (χ2v) is 3.76. The molecule has 0 aliphatic heterocycles. The van der Waals surface area contributed by atoms with Crippen LogP contribution in [0.1, 0.15) is 26.7 Å². The third-order valence-corrected chi connectivity index (χ3v) is 1.67. The van der Waals surface area contributed by atoms with Crippen LogP contribution in [0.5, 0.6) is 0 Å². The molecule has 3 heteroatoms. The fraction of sp³-hybridized carbons (Fsp3) is 0.875. The maximum Gasteiger partial charge on any atom is 0.325 e. The number of hydrogen-bond acceptors (Lipinski definition) is 3. The summed E-state index contributed by atoms with van der Waals surface area (Å²) in [6.45, 7) is 3.87. The van der Waals surface area contributed by atoms with Crippen molar-refractivity contribution in [2.24, 2.45) is 11.7 Å². The highest BCUT2D eigenvalue weighted by atomic mass is 16.5. The lowest BCUT2D eigenvalue weighted by Crippen LogP contribution is -2.43. The van der Waals surface area contributed by atoms with Crippen molar-refractivity contribution in [3.05, 3.63) is 0 Å². The number of hydrogen-bond donors (Lipinski definition) is 1. The summed E-state index contributed by atoms with van der Waals surface area (Å²) < 4.78 is 4.97. The number of carbonyl (C=O) groups excluding carboxylic acids is 1. The second kappa shape index (κ2) is 2.81. The molecule has 3 nitrogen and oxygen atoms in total. The van der Waals surface area contributed by atoms with Crippen LogP contribution in [0.3, 0.4) is 0 Å². The van der Waals surface area contributed by atoms with Crippen LogP contribution in [0.2, 0.25) is 0 Å². The number of esters is 1. The first-order valence-electron chi connectivity index (χ1n) is 3.96. The first-order valence-corrected chi connectivity index (χ1v) is 3.96. The summed E-state index contributed by atoms with van der Waals surface area (Å²) in [7, 11) is 0. The van der Waals surface area contributed by atoms with E-state index >= 15 is 0 Å². The van der Waals surface area contributed by atoms with Crippen LogP contribution in [0, 0.1) is 5.92 Å². The van der Waals surface area contributed by atoms with Crippen LogP contribution in [0.4, 0.5) is 0 Å². The fourth-order valence-corrected chi connectivity index (χ4v) is 0.664. The standard InChI is InChI=1S/C8H15NO2/c1-8(2,9)7(10)11-5-6-3-4-6/h6H,3-5,9H2,1-2H3. The summed E-state index contributed by atoms with van der Waals surface area (Å²) >= 11 is 0. The Morgan fingerprint density at radius 1 is 1.64 bits per heavy atom. The van der Waals surface area contributed by atoms with Gasteiger partial charge in [0.25, 0.3) is 0 Å². The van der Waals surface area contributed by atoms with Gasteiger partial charge in [-0.25, -0.2) is 0 Å². The minimum atomic E-state index is -0.838. The van der Waals surface area contributed by atoms with Gasteiger partial charge >= 0.3 is 5.97 Å². The Bertz CT molecular complexity index is 156. The molecule has 0 atom stereocenters. The van der Waals surface area contributed by atoms with Gasteiger partial charge in [-0.1, -0.05) is 0 Å². The van der Waals surface area contributed by atoms with Crippen LogP contribution < -0.4 is 5.73 Å². The van der Waals surface area contributed by atoms with Crippen LogP contribution in [-0.2, 0) is 9.53 Å². The van der Waals surface area contributed by atoms with Crippen molar-refractivity contribution < 1.29 is 9.53 Å². The van der Waals surface area contributed by atoms with Gasteiger partial charge in [0.1, 0.15) is 5.54 Å². The largest absolute Gasteiger partial charge is 0.464 e. The maximum absolute atomic E-state index is 11.0. The topological polar surface area (TPSA) is 52.3 Å². The van der Waals surface area contributed by atoms with E-state index in [9.17, 15) is 4.79 Å². The van der Waals surface area contributed by atoms with E-state index in [0.717, 1.165) is 0 Å². The third-order valence-electron chi connectivity index (χ3n) is 1.67. The van der Waals surface area contributed by atoms with E-state index in [0.29, 0.717) is 12.5 Å². The van der Waals surface area contributed by atoms with E-state index in [-0.39, 0.29) is 5.97 Å². The Hall–Kier alpha value is -0.570. The van der Waals surface area contributed by atoms with Gasteiger partial charge in [-0.15, -0.1) is 0 Å². The molecule has 0 aromatic carbocycles. The molecule has 2 N–H and O–H groups in total. The second-order valence-electron chi connectivity index (χ2n) is 3.76. The van der Waals surface area contributed by atoms with Crippen LogP contribution in [0.15, 0.2) is 0 Å². The van der Waals surface area contributed by atoms with Crippen molar-refractivity contribution in [2.75, 3.05) is 6.61 Å². The van der Waals surface area contributed by atoms with Gasteiger partial charge in [0, 0.05) is 0 Å². The Morgan fingerprint density at radius 3 is 2.55 bits per heavy atom. The van der Waals surface area contributed by atoms with E-state index in [4.69, 9.17) is 10.5 Å². The minimum Gasteiger partial charge on any atom is -0.464 e. The molecule has 0 aromatic heterocycles. The zero-order chi connectivity index (χ0) is 8.48. The lowest BCUT2D eigenvalue weighted by Gasteiger charge is -2.16. The minimum absolute atomic E-state index is 0.301. The van der Waals surface area contributed by atoms with Gasteiger partial charge in [0.15, 0.2) is 0 Å². The highest BCUT2D eigenvalue weighted by Crippen LogP contribution is 2.29. The van der Waals surface area contributed by atoms with Crippen molar-refractivity contribution in [1.82, 2.24) is 0 Å². The lowest BCUT2D eigenvalue weighted by molar-refractivity contribution is -0.149. The third kappa shape index (κ3) is 2.89. The van der Waals surface area contributed by atoms with Crippen molar-refractivity contribution in [2.45, 2.75) is 32.2 Å². The zero-order valence-corrected chi connectivity index (χ0v) is 7.09. The van der Waals surface area contributed by atoms with Crippen molar-refractivity contribution in [3.63, 3.8) is 0 Å². The smallest absolute Gasteiger partial charge is 0.325 e. The molecule has 0 saturated heterocycles. The van der Waals surface area contributed by atoms with Gasteiger partial charge in [-0.2, -0.15) is 0 Å². The molecule has 1 aliphatic rings. The fourth-order valence-electron chi connectivity index (χ4n) is 0.664. The van der Waals surface area contributed by atoms with Gasteiger partial charge in [0.2, 0.25) is 0 Å². The summed E-state index contributed by atoms with van der Waals surface area (Å²) in [6.07, 6.45) is 2.39. The molecule has 0 spiro atoms. The van der Waals surface area contributed by atoms with Crippen molar-refractivity contribution >= 4 is 5.97 Å². The molecular formula is C8H15NO2. The highest BCUT2D eigenvalue weighted by Gasteiger charge is 2.28. The van der Waals surface area contributed by atoms with Crippen LogP contribution in [0.25, 0.3) is 0 Å². The van der Waals surface area contributed by atoms with Gasteiger partial charge in [0.05, 0.1) is 6.61 Å². The van der Waals surface area contributed by atoms with Gasteiger partial charge in [-0.3, -0.25) is 4.79 Å².